The van der Waals surface area contributed by atoms with Crippen LogP contribution in [-0.2, 0) is 6.54 Å². The second-order valence-electron chi connectivity index (χ2n) is 8.03. The summed E-state index contributed by atoms with van der Waals surface area (Å²) >= 11 is 0. The predicted molar refractivity (Wildman–Crippen MR) is 126 cm³/mol. The maximum Gasteiger partial charge on any atom is 0.261 e. The van der Waals surface area contributed by atoms with Gasteiger partial charge in [0.25, 0.3) is 5.56 Å². The van der Waals surface area contributed by atoms with Crippen molar-refractivity contribution in [2.24, 2.45) is 5.92 Å². The van der Waals surface area contributed by atoms with Crippen molar-refractivity contribution in [3.63, 3.8) is 0 Å². The Kier molecular flexibility index (Phi) is 6.19. The Bertz CT molecular complexity index is 1280. The summed E-state index contributed by atoms with van der Waals surface area (Å²) in [7, 11) is 0. The average Bonchev–Trinajstić information content (AvgIpc) is 3.47. The van der Waals surface area contributed by atoms with Gasteiger partial charge in [-0.25, -0.2) is 14.6 Å². The summed E-state index contributed by atoms with van der Waals surface area (Å²) in [6.45, 7) is 2.70. The van der Waals surface area contributed by atoms with E-state index in [2.05, 4.69) is 26.4 Å². The normalized spacial score (nSPS) is 18.9. The number of nitrogens with one attached hydrogen (secondary N) is 1. The summed E-state index contributed by atoms with van der Waals surface area (Å²) < 4.78 is 5.63. The molecule has 1 fully saturated rings. The van der Waals surface area contributed by atoms with Crippen LogP contribution in [0.4, 0.5) is 0 Å². The summed E-state index contributed by atoms with van der Waals surface area (Å²) in [6, 6.07) is 12.0. The van der Waals surface area contributed by atoms with Crippen LogP contribution in [-0.4, -0.2) is 42.0 Å². The van der Waals surface area contributed by atoms with Gasteiger partial charge in [0.1, 0.15) is 18.5 Å². The van der Waals surface area contributed by atoms with Crippen molar-refractivity contribution in [3.05, 3.63) is 77.5 Å². The molecule has 4 aromatic rings. The number of hydrogen-bond acceptors (Lipinski definition) is 5. The first kappa shape index (κ1) is 22.3. The number of benzene rings is 1. The lowest BCUT2D eigenvalue weighted by Crippen LogP contribution is -2.45. The third kappa shape index (κ3) is 3.64. The SMILES string of the molecule is Cl.Cl.O=c1c(-c2nccn2-c2cccc(-n3cncn3)c2)ccc2n1C[C@@H]1CNC[C@H]2C1. The largest absolute Gasteiger partial charge is 0.316 e. The highest BCUT2D eigenvalue weighted by Gasteiger charge is 2.31. The lowest BCUT2D eigenvalue weighted by molar-refractivity contribution is 0.257. The van der Waals surface area contributed by atoms with E-state index in [1.54, 1.807) is 17.2 Å². The molecule has 2 aliphatic heterocycles. The monoisotopic (exact) mass is 471 g/mol. The first-order valence-electron chi connectivity index (χ1n) is 10.2. The third-order valence-electron chi connectivity index (χ3n) is 6.18. The van der Waals surface area contributed by atoms with Gasteiger partial charge >= 0.3 is 0 Å². The Morgan fingerprint density at radius 3 is 2.78 bits per heavy atom. The molecule has 5 heterocycles. The summed E-state index contributed by atoms with van der Waals surface area (Å²) in [5.74, 6) is 1.58. The van der Waals surface area contributed by atoms with E-state index in [1.807, 2.05) is 45.7 Å². The Hall–Kier alpha value is -2.94. The van der Waals surface area contributed by atoms with Crippen LogP contribution in [0.1, 0.15) is 18.0 Å². The molecule has 8 nitrogen and oxygen atoms in total. The average molecular weight is 472 g/mol. The van der Waals surface area contributed by atoms with Crippen LogP contribution >= 0.6 is 24.8 Å². The molecule has 6 rings (SSSR count). The molecule has 1 aromatic carbocycles. The standard InChI is InChI=1S/C22H21N7O.2ClH/c30-22-19(4-5-20-16-8-15(10-23-11-16)12-28(20)22)21-25-6-7-27(21)17-2-1-3-18(9-17)29-14-24-13-26-29;;/h1-7,9,13-16,23H,8,10-12H2;2*1H/t15-,16+;;/m0../s1. The summed E-state index contributed by atoms with van der Waals surface area (Å²) in [6.07, 6.45) is 7.96. The van der Waals surface area contributed by atoms with Crippen molar-refractivity contribution in [2.75, 3.05) is 13.1 Å². The van der Waals surface area contributed by atoms with E-state index in [9.17, 15) is 4.79 Å². The van der Waals surface area contributed by atoms with Crippen molar-refractivity contribution < 1.29 is 0 Å². The van der Waals surface area contributed by atoms with Crippen LogP contribution in [0.2, 0.25) is 0 Å². The number of halogens is 2. The topological polar surface area (TPSA) is 82.6 Å². The zero-order valence-corrected chi connectivity index (χ0v) is 18.8. The van der Waals surface area contributed by atoms with E-state index < -0.39 is 0 Å². The van der Waals surface area contributed by atoms with Crippen molar-refractivity contribution in [3.8, 4) is 22.8 Å². The predicted octanol–water partition coefficient (Wildman–Crippen LogP) is 2.83. The van der Waals surface area contributed by atoms with Gasteiger partial charge in [-0.2, -0.15) is 5.10 Å². The van der Waals surface area contributed by atoms with E-state index in [-0.39, 0.29) is 30.4 Å². The highest BCUT2D eigenvalue weighted by Crippen LogP contribution is 2.32. The van der Waals surface area contributed by atoms with Crippen LogP contribution in [0.15, 0.2) is 66.2 Å². The number of rotatable bonds is 3. The molecule has 0 amide bonds. The maximum atomic E-state index is 13.4. The smallest absolute Gasteiger partial charge is 0.261 e. The number of aromatic nitrogens is 6. The molecule has 32 heavy (non-hydrogen) atoms. The van der Waals surface area contributed by atoms with E-state index in [0.29, 0.717) is 23.2 Å². The fraction of sp³-hybridized carbons (Fsp3) is 0.273. The molecule has 2 atom stereocenters. The molecule has 0 unspecified atom stereocenters. The number of nitrogens with zero attached hydrogens (tertiary/aromatic N) is 6. The van der Waals surface area contributed by atoms with Gasteiger partial charge < -0.3 is 9.88 Å². The van der Waals surface area contributed by atoms with E-state index in [4.69, 9.17) is 0 Å². The summed E-state index contributed by atoms with van der Waals surface area (Å²) in [4.78, 5) is 22.0. The van der Waals surface area contributed by atoms with Gasteiger partial charge in [0.2, 0.25) is 0 Å². The lowest BCUT2D eigenvalue weighted by Gasteiger charge is -2.37. The first-order valence-corrected chi connectivity index (χ1v) is 10.2. The number of piperidine rings is 1. The van der Waals surface area contributed by atoms with Gasteiger partial charge in [-0.05, 0) is 49.2 Å². The minimum atomic E-state index is 0. The first-order chi connectivity index (χ1) is 14.8. The molecule has 1 N–H and O–H groups in total. The molecule has 0 spiro atoms. The van der Waals surface area contributed by atoms with Gasteiger partial charge in [-0.3, -0.25) is 9.36 Å². The number of imidazole rings is 1. The van der Waals surface area contributed by atoms with E-state index >= 15 is 0 Å². The molecule has 2 aliphatic rings. The molecule has 0 aliphatic carbocycles. The molecule has 0 radical (unpaired) electrons. The van der Waals surface area contributed by atoms with Gasteiger partial charge in [-0.15, -0.1) is 24.8 Å². The molecular formula is C22H23Cl2N7O. The molecule has 166 valence electrons. The number of fused-ring (bicyclic) bond motifs is 4. The summed E-state index contributed by atoms with van der Waals surface area (Å²) in [5.41, 5.74) is 3.62. The van der Waals surface area contributed by atoms with Crippen LogP contribution in [0.5, 0.6) is 0 Å². The fourth-order valence-corrected chi connectivity index (χ4v) is 4.80. The highest BCUT2D eigenvalue weighted by molar-refractivity contribution is 5.85. The Morgan fingerprint density at radius 2 is 1.94 bits per heavy atom. The third-order valence-corrected chi connectivity index (χ3v) is 6.18. The number of hydrogen-bond donors (Lipinski definition) is 1. The zero-order chi connectivity index (χ0) is 20.1. The van der Waals surface area contributed by atoms with Crippen molar-refractivity contribution in [1.82, 2.24) is 34.2 Å². The van der Waals surface area contributed by atoms with Gasteiger partial charge in [0.05, 0.1) is 11.3 Å². The quantitative estimate of drug-likeness (QED) is 0.496. The van der Waals surface area contributed by atoms with E-state index in [1.165, 1.54) is 6.33 Å². The van der Waals surface area contributed by atoms with Gasteiger partial charge in [0.15, 0.2) is 0 Å². The van der Waals surface area contributed by atoms with Crippen molar-refractivity contribution >= 4 is 24.8 Å². The Balaban J connectivity index is 0.00000122. The van der Waals surface area contributed by atoms with E-state index in [0.717, 1.165) is 43.1 Å². The second-order valence-corrected chi connectivity index (χ2v) is 8.03. The maximum absolute atomic E-state index is 13.4. The van der Waals surface area contributed by atoms with Gasteiger partial charge in [0, 0.05) is 42.8 Å². The van der Waals surface area contributed by atoms with Crippen molar-refractivity contribution in [1.29, 1.82) is 0 Å². The molecule has 1 saturated heterocycles. The van der Waals surface area contributed by atoms with Crippen LogP contribution in [0.3, 0.4) is 0 Å². The van der Waals surface area contributed by atoms with Gasteiger partial charge in [-0.1, -0.05) is 6.07 Å². The van der Waals surface area contributed by atoms with Crippen LogP contribution < -0.4 is 10.9 Å². The molecule has 2 bridgehead atoms. The molecule has 3 aromatic heterocycles. The second kappa shape index (κ2) is 8.90. The fourth-order valence-electron chi connectivity index (χ4n) is 4.80. The zero-order valence-electron chi connectivity index (χ0n) is 17.2. The summed E-state index contributed by atoms with van der Waals surface area (Å²) in [5, 5.41) is 7.70. The number of pyridine rings is 1. The van der Waals surface area contributed by atoms with Crippen molar-refractivity contribution in [2.45, 2.75) is 18.9 Å². The Labute approximate surface area is 197 Å². The lowest BCUT2D eigenvalue weighted by atomic mass is 9.84. The molecular weight excluding hydrogens is 449 g/mol. The molecule has 10 heteroatoms. The molecule has 0 saturated carbocycles. The minimum Gasteiger partial charge on any atom is -0.316 e. The van der Waals surface area contributed by atoms with Crippen LogP contribution in [0, 0.1) is 5.92 Å². The minimum absolute atomic E-state index is 0. The van der Waals surface area contributed by atoms with Crippen LogP contribution in [0.25, 0.3) is 22.8 Å². The highest BCUT2D eigenvalue weighted by atomic mass is 35.5. The Morgan fingerprint density at radius 1 is 1.06 bits per heavy atom.